The van der Waals surface area contributed by atoms with Gasteiger partial charge in [-0.1, -0.05) is 6.07 Å². The summed E-state index contributed by atoms with van der Waals surface area (Å²) in [6.07, 6.45) is 8.41. The Morgan fingerprint density at radius 1 is 0.833 bits per heavy atom. The lowest BCUT2D eigenvalue weighted by atomic mass is 10.5. The van der Waals surface area contributed by atoms with Crippen LogP contribution in [0.15, 0.2) is 36.7 Å². The van der Waals surface area contributed by atoms with E-state index < -0.39 is 0 Å². The van der Waals surface area contributed by atoms with Crippen molar-refractivity contribution in [1.82, 2.24) is 9.97 Å². The van der Waals surface area contributed by atoms with E-state index in [1.54, 1.807) is 36.7 Å². The van der Waals surface area contributed by atoms with E-state index in [2.05, 4.69) is 34.5 Å². The van der Waals surface area contributed by atoms with Gasteiger partial charge in [0.05, 0.1) is 12.4 Å². The summed E-state index contributed by atoms with van der Waals surface area (Å²) in [4.78, 5) is 7.23. The first-order chi connectivity index (χ1) is 6.00. The molecule has 2 heteroatoms. The van der Waals surface area contributed by atoms with Crippen molar-refractivity contribution in [2.75, 3.05) is 0 Å². The highest BCUT2D eigenvalue weighted by molar-refractivity contribution is 4.85. The molecule has 2 aromatic heterocycles. The van der Waals surface area contributed by atoms with Crippen LogP contribution in [-0.2, 0) is 0 Å². The van der Waals surface area contributed by atoms with Gasteiger partial charge in [0, 0.05) is 18.5 Å². The molecule has 0 bridgehead atoms. The molecule has 0 saturated heterocycles. The second-order valence-electron chi connectivity index (χ2n) is 1.77. The van der Waals surface area contributed by atoms with Crippen molar-refractivity contribution in [2.24, 2.45) is 0 Å². The Kier molecular flexibility index (Phi) is 4.23. The molecule has 56 valence electrons. The molecule has 12 heavy (non-hydrogen) atoms. The number of hydrogen-bond acceptors (Lipinski definition) is 2. The summed E-state index contributed by atoms with van der Waals surface area (Å²) >= 11 is 0. The van der Waals surface area contributed by atoms with E-state index in [4.69, 9.17) is 0 Å². The molecule has 0 amide bonds. The molecule has 0 spiro atoms. The Morgan fingerprint density at radius 2 is 1.83 bits per heavy atom. The van der Waals surface area contributed by atoms with Gasteiger partial charge in [-0.05, 0) is 24.3 Å². The lowest BCUT2D eigenvalue weighted by Gasteiger charge is -1.67. The second kappa shape index (κ2) is 6.04. The molecule has 0 N–H and O–H groups in total. The van der Waals surface area contributed by atoms with Gasteiger partial charge in [0.2, 0.25) is 0 Å². The van der Waals surface area contributed by atoms with Gasteiger partial charge in [-0.3, -0.25) is 9.97 Å². The van der Waals surface area contributed by atoms with Gasteiger partial charge in [-0.25, -0.2) is 0 Å². The van der Waals surface area contributed by atoms with Crippen LogP contribution in [0.4, 0.5) is 0 Å². The van der Waals surface area contributed by atoms with E-state index in [1.165, 1.54) is 0 Å². The first kappa shape index (κ1) is 8.40. The average Bonchev–Trinajstić information content (AvgIpc) is 2.24. The Morgan fingerprint density at radius 3 is 2.00 bits per heavy atom. The topological polar surface area (TPSA) is 25.8 Å². The maximum Gasteiger partial charge on any atom is 0.0892 e. The summed E-state index contributed by atoms with van der Waals surface area (Å²) < 4.78 is 0. The van der Waals surface area contributed by atoms with E-state index in [0.717, 1.165) is 0 Å². The molecule has 4 radical (unpaired) electrons. The first-order valence-electron chi connectivity index (χ1n) is 3.36. The zero-order valence-electron chi connectivity index (χ0n) is 6.36. The van der Waals surface area contributed by atoms with Crippen molar-refractivity contribution in [3.05, 3.63) is 61.2 Å². The maximum atomic E-state index is 3.63. The normalized spacial score (nSPS) is 8.00. The summed E-state index contributed by atoms with van der Waals surface area (Å²) in [6.45, 7) is 0. The largest absolute Gasteiger partial charge is 0.255 e. The third-order valence-corrected chi connectivity index (χ3v) is 0.935. The van der Waals surface area contributed by atoms with Gasteiger partial charge < -0.3 is 0 Å². The van der Waals surface area contributed by atoms with E-state index >= 15 is 0 Å². The van der Waals surface area contributed by atoms with Crippen molar-refractivity contribution in [1.29, 1.82) is 0 Å². The third kappa shape index (κ3) is 4.17. The summed E-state index contributed by atoms with van der Waals surface area (Å²) in [5.74, 6) is 0. The van der Waals surface area contributed by atoms with Gasteiger partial charge in [0.15, 0.2) is 0 Å². The molecule has 0 aliphatic heterocycles. The standard InChI is InChI=1S/2C5H3N/c2*1-2-4-6-5-3-1/h2-4H;1-2,5H. The maximum absolute atomic E-state index is 3.63. The number of aromatic nitrogens is 2. The van der Waals surface area contributed by atoms with Crippen LogP contribution in [0.2, 0.25) is 0 Å². The van der Waals surface area contributed by atoms with E-state index in [-0.39, 0.29) is 0 Å². The van der Waals surface area contributed by atoms with Crippen molar-refractivity contribution >= 4 is 0 Å². The highest BCUT2D eigenvalue weighted by atomic mass is 14.6. The van der Waals surface area contributed by atoms with Gasteiger partial charge in [0.1, 0.15) is 0 Å². The summed E-state index contributed by atoms with van der Waals surface area (Å²) in [5, 5.41) is 0. The molecule has 0 saturated carbocycles. The Hall–Kier alpha value is -1.70. The van der Waals surface area contributed by atoms with Gasteiger partial charge in [-0.2, -0.15) is 0 Å². The van der Waals surface area contributed by atoms with Crippen molar-refractivity contribution in [3.63, 3.8) is 0 Å². The molecule has 0 fully saturated rings. The average molecular weight is 154 g/mol. The minimum atomic E-state index is 1.57. The van der Waals surface area contributed by atoms with Gasteiger partial charge >= 0.3 is 0 Å². The molecule has 0 aliphatic carbocycles. The van der Waals surface area contributed by atoms with E-state index in [9.17, 15) is 0 Å². The van der Waals surface area contributed by atoms with Gasteiger partial charge in [0.25, 0.3) is 0 Å². The Balaban J connectivity index is 0.000000120. The van der Waals surface area contributed by atoms with Crippen molar-refractivity contribution < 1.29 is 0 Å². The minimum absolute atomic E-state index is 1.57. The Labute approximate surface area is 71.9 Å². The summed E-state index contributed by atoms with van der Waals surface area (Å²) in [5.41, 5.74) is 0. The van der Waals surface area contributed by atoms with Crippen LogP contribution in [0.5, 0.6) is 0 Å². The number of pyridine rings is 2. The molecular weight excluding hydrogens is 148 g/mol. The van der Waals surface area contributed by atoms with Crippen LogP contribution in [0.3, 0.4) is 0 Å². The van der Waals surface area contributed by atoms with Crippen LogP contribution < -0.4 is 0 Å². The Bertz CT molecular complexity index is 183. The van der Waals surface area contributed by atoms with Crippen LogP contribution in [0.25, 0.3) is 0 Å². The van der Waals surface area contributed by atoms with E-state index in [0.29, 0.717) is 0 Å². The first-order valence-corrected chi connectivity index (χ1v) is 3.36. The fraction of sp³-hybridized carbons (Fsp3) is 0. The molecule has 0 unspecified atom stereocenters. The smallest absolute Gasteiger partial charge is 0.0892 e. The fourth-order valence-electron chi connectivity index (χ4n) is 0.492. The summed E-state index contributed by atoms with van der Waals surface area (Å²) in [7, 11) is 0. The highest BCUT2D eigenvalue weighted by Crippen LogP contribution is 1.71. The molecule has 0 atom stereocenters. The number of hydrogen-bond donors (Lipinski definition) is 0. The third-order valence-electron chi connectivity index (χ3n) is 0.935. The van der Waals surface area contributed by atoms with Crippen LogP contribution in [0.1, 0.15) is 0 Å². The predicted octanol–water partition coefficient (Wildman–Crippen LogP) is 1.36. The SMILES string of the molecule is [c]1c[c]ncc1.[c]1cc[c]nc1. The molecule has 2 heterocycles. The minimum Gasteiger partial charge on any atom is -0.255 e. The molecular formula is C10H6N2. The van der Waals surface area contributed by atoms with Crippen LogP contribution >= 0.6 is 0 Å². The number of rotatable bonds is 0. The molecule has 0 aliphatic rings. The van der Waals surface area contributed by atoms with E-state index in [1.807, 2.05) is 0 Å². The van der Waals surface area contributed by atoms with Crippen molar-refractivity contribution in [2.45, 2.75) is 0 Å². The molecule has 2 nitrogen and oxygen atoms in total. The fourth-order valence-corrected chi connectivity index (χ4v) is 0.492. The number of nitrogens with zero attached hydrogens (tertiary/aromatic N) is 2. The molecule has 2 aromatic rings. The lowest BCUT2D eigenvalue weighted by Crippen LogP contribution is -1.61. The van der Waals surface area contributed by atoms with Crippen LogP contribution in [0, 0.1) is 24.5 Å². The zero-order chi connectivity index (χ0) is 8.49. The monoisotopic (exact) mass is 154 g/mol. The molecule has 0 aromatic carbocycles. The van der Waals surface area contributed by atoms with Crippen LogP contribution in [-0.4, -0.2) is 9.97 Å². The highest BCUT2D eigenvalue weighted by Gasteiger charge is 1.61. The van der Waals surface area contributed by atoms with Crippen molar-refractivity contribution in [3.8, 4) is 0 Å². The zero-order valence-corrected chi connectivity index (χ0v) is 6.36. The summed E-state index contributed by atoms with van der Waals surface area (Å²) in [6, 6.07) is 12.4. The second-order valence-corrected chi connectivity index (χ2v) is 1.77. The molecule has 2 rings (SSSR count). The quantitative estimate of drug-likeness (QED) is 0.572. The lowest BCUT2D eigenvalue weighted by molar-refractivity contribution is 1.31. The predicted molar refractivity (Wildman–Crippen MR) is 43.8 cm³/mol. The van der Waals surface area contributed by atoms with Gasteiger partial charge in [-0.15, -0.1) is 0 Å².